The Morgan fingerprint density at radius 2 is 1.96 bits per heavy atom. The minimum Gasteiger partial charge on any atom is -0.338 e. The number of fused-ring (bicyclic) bond motifs is 1. The third-order valence-corrected chi connectivity index (χ3v) is 5.21. The standard InChI is InChI=1S/C19H24N4O2S/c1-5-6-11-16-21-17(25-22-16)13(4)26-19-20-15-10-8-7-9-14(15)18(24)23(19)12(2)3/h7-10,12-13H,5-6,11H2,1-4H3. The molecule has 2 aromatic heterocycles. The van der Waals surface area contributed by atoms with Crippen LogP contribution in [-0.2, 0) is 6.42 Å². The zero-order chi connectivity index (χ0) is 18.7. The quantitative estimate of drug-likeness (QED) is 0.447. The summed E-state index contributed by atoms with van der Waals surface area (Å²) in [6.45, 7) is 8.11. The average molecular weight is 372 g/mol. The SMILES string of the molecule is CCCCc1noc(C(C)Sc2nc3ccccc3c(=O)n2C(C)C)n1. The zero-order valence-electron chi connectivity index (χ0n) is 15.6. The second-order valence-electron chi connectivity index (χ2n) is 6.59. The van der Waals surface area contributed by atoms with Crippen LogP contribution in [0, 0.1) is 0 Å². The third-order valence-electron chi connectivity index (χ3n) is 4.16. The maximum atomic E-state index is 12.9. The highest BCUT2D eigenvalue weighted by Crippen LogP contribution is 2.34. The van der Waals surface area contributed by atoms with Gasteiger partial charge in [0, 0.05) is 12.5 Å². The number of unbranched alkanes of at least 4 members (excludes halogenated alkanes) is 1. The van der Waals surface area contributed by atoms with Crippen molar-refractivity contribution in [2.24, 2.45) is 0 Å². The minimum absolute atomic E-state index is 0.0112. The first kappa shape index (κ1) is 18.6. The molecule has 138 valence electrons. The fraction of sp³-hybridized carbons (Fsp3) is 0.474. The Hall–Kier alpha value is -2.15. The van der Waals surface area contributed by atoms with Gasteiger partial charge >= 0.3 is 0 Å². The van der Waals surface area contributed by atoms with Gasteiger partial charge in [-0.05, 0) is 39.3 Å². The molecule has 0 spiro atoms. The summed E-state index contributed by atoms with van der Waals surface area (Å²) in [5.74, 6) is 1.31. The molecule has 1 atom stereocenters. The first-order chi connectivity index (χ1) is 12.5. The molecular formula is C19H24N4O2S. The first-order valence-electron chi connectivity index (χ1n) is 9.01. The molecule has 0 saturated carbocycles. The van der Waals surface area contributed by atoms with Crippen molar-refractivity contribution in [3.63, 3.8) is 0 Å². The molecule has 3 rings (SSSR count). The van der Waals surface area contributed by atoms with Crippen molar-refractivity contribution < 1.29 is 4.52 Å². The summed E-state index contributed by atoms with van der Waals surface area (Å²) in [5.41, 5.74) is 0.688. The highest BCUT2D eigenvalue weighted by atomic mass is 32.2. The Labute approximate surface area is 157 Å². The molecule has 1 aromatic carbocycles. The maximum Gasteiger partial charge on any atom is 0.262 e. The average Bonchev–Trinajstić information content (AvgIpc) is 3.09. The van der Waals surface area contributed by atoms with E-state index >= 15 is 0 Å². The van der Waals surface area contributed by atoms with Crippen molar-refractivity contribution >= 4 is 22.7 Å². The molecule has 26 heavy (non-hydrogen) atoms. The summed E-state index contributed by atoms with van der Waals surface area (Å²) in [6, 6.07) is 7.45. The molecule has 0 amide bonds. The van der Waals surface area contributed by atoms with E-state index in [-0.39, 0.29) is 16.9 Å². The van der Waals surface area contributed by atoms with E-state index < -0.39 is 0 Å². The van der Waals surface area contributed by atoms with Crippen molar-refractivity contribution in [2.75, 3.05) is 0 Å². The van der Waals surface area contributed by atoms with Gasteiger partial charge in [-0.2, -0.15) is 4.98 Å². The van der Waals surface area contributed by atoms with E-state index in [1.54, 1.807) is 4.57 Å². The van der Waals surface area contributed by atoms with E-state index in [9.17, 15) is 4.79 Å². The molecule has 0 aliphatic heterocycles. The van der Waals surface area contributed by atoms with Crippen molar-refractivity contribution in [2.45, 2.75) is 63.4 Å². The van der Waals surface area contributed by atoms with Crippen LogP contribution in [0.3, 0.4) is 0 Å². The highest BCUT2D eigenvalue weighted by Gasteiger charge is 2.21. The van der Waals surface area contributed by atoms with Gasteiger partial charge in [-0.15, -0.1) is 0 Å². The number of thioether (sulfide) groups is 1. The second-order valence-corrected chi connectivity index (χ2v) is 7.90. The highest BCUT2D eigenvalue weighted by molar-refractivity contribution is 7.99. The van der Waals surface area contributed by atoms with Gasteiger partial charge in [0.15, 0.2) is 11.0 Å². The van der Waals surface area contributed by atoms with Crippen molar-refractivity contribution in [3.05, 3.63) is 46.3 Å². The summed E-state index contributed by atoms with van der Waals surface area (Å²) in [6.07, 6.45) is 2.96. The predicted octanol–water partition coefficient (Wildman–Crippen LogP) is 4.56. The van der Waals surface area contributed by atoms with Crippen LogP contribution in [0.4, 0.5) is 0 Å². The molecular weight excluding hydrogens is 348 g/mol. The molecule has 0 aliphatic rings. The maximum absolute atomic E-state index is 12.9. The van der Waals surface area contributed by atoms with Gasteiger partial charge in [-0.3, -0.25) is 9.36 Å². The number of para-hydroxylation sites is 1. The van der Waals surface area contributed by atoms with Gasteiger partial charge in [0.2, 0.25) is 5.89 Å². The number of rotatable bonds is 7. The molecule has 0 bridgehead atoms. The molecule has 0 saturated heterocycles. The van der Waals surface area contributed by atoms with E-state index in [4.69, 9.17) is 9.51 Å². The van der Waals surface area contributed by atoms with Crippen molar-refractivity contribution in [1.82, 2.24) is 19.7 Å². The van der Waals surface area contributed by atoms with E-state index in [0.29, 0.717) is 22.0 Å². The Morgan fingerprint density at radius 3 is 2.69 bits per heavy atom. The molecule has 0 N–H and O–H groups in total. The predicted molar refractivity (Wildman–Crippen MR) is 104 cm³/mol. The Bertz CT molecular complexity index is 948. The van der Waals surface area contributed by atoms with Gasteiger partial charge in [-0.1, -0.05) is 42.4 Å². The molecule has 0 aliphatic carbocycles. The number of benzene rings is 1. The smallest absolute Gasteiger partial charge is 0.262 e. The van der Waals surface area contributed by atoms with Crippen LogP contribution in [-0.4, -0.2) is 19.7 Å². The van der Waals surface area contributed by atoms with Crippen LogP contribution in [0.1, 0.15) is 63.5 Å². The number of aromatic nitrogens is 4. The molecule has 2 heterocycles. The van der Waals surface area contributed by atoms with Crippen molar-refractivity contribution in [3.8, 4) is 0 Å². The molecule has 6 nitrogen and oxygen atoms in total. The Morgan fingerprint density at radius 1 is 1.19 bits per heavy atom. The number of nitrogens with zero attached hydrogens (tertiary/aromatic N) is 4. The largest absolute Gasteiger partial charge is 0.338 e. The van der Waals surface area contributed by atoms with Crippen LogP contribution in [0.2, 0.25) is 0 Å². The van der Waals surface area contributed by atoms with Crippen LogP contribution in [0.5, 0.6) is 0 Å². The monoisotopic (exact) mass is 372 g/mol. The van der Waals surface area contributed by atoms with Gasteiger partial charge in [0.1, 0.15) is 0 Å². The van der Waals surface area contributed by atoms with Crippen molar-refractivity contribution in [1.29, 1.82) is 0 Å². The number of hydrogen-bond acceptors (Lipinski definition) is 6. The molecule has 1 unspecified atom stereocenters. The fourth-order valence-electron chi connectivity index (χ4n) is 2.74. The lowest BCUT2D eigenvalue weighted by Gasteiger charge is -2.17. The lowest BCUT2D eigenvalue weighted by Crippen LogP contribution is -2.25. The van der Waals surface area contributed by atoms with Gasteiger partial charge < -0.3 is 4.52 Å². The van der Waals surface area contributed by atoms with Gasteiger partial charge in [0.05, 0.1) is 16.2 Å². The van der Waals surface area contributed by atoms with E-state index in [2.05, 4.69) is 17.1 Å². The summed E-state index contributed by atoms with van der Waals surface area (Å²) < 4.78 is 7.15. The Kier molecular flexibility index (Phi) is 5.76. The van der Waals surface area contributed by atoms with E-state index in [1.807, 2.05) is 45.0 Å². The minimum atomic E-state index is -0.0871. The fourth-order valence-corrected chi connectivity index (χ4v) is 3.81. The zero-order valence-corrected chi connectivity index (χ0v) is 16.4. The molecule has 7 heteroatoms. The van der Waals surface area contributed by atoms with Crippen LogP contribution in [0.25, 0.3) is 10.9 Å². The summed E-state index contributed by atoms with van der Waals surface area (Å²) >= 11 is 1.47. The summed E-state index contributed by atoms with van der Waals surface area (Å²) in [4.78, 5) is 22.1. The second kappa shape index (κ2) is 8.03. The topological polar surface area (TPSA) is 73.8 Å². The molecule has 0 fully saturated rings. The lowest BCUT2D eigenvalue weighted by molar-refractivity contribution is 0.374. The molecule has 3 aromatic rings. The van der Waals surface area contributed by atoms with Crippen LogP contribution < -0.4 is 5.56 Å². The normalized spacial score (nSPS) is 12.8. The number of aryl methyl sites for hydroxylation is 1. The summed E-state index contributed by atoms with van der Waals surface area (Å²) in [7, 11) is 0. The first-order valence-corrected chi connectivity index (χ1v) is 9.89. The van der Waals surface area contributed by atoms with Gasteiger partial charge in [0.25, 0.3) is 5.56 Å². The summed E-state index contributed by atoms with van der Waals surface area (Å²) in [5, 5.41) is 5.27. The number of hydrogen-bond donors (Lipinski definition) is 0. The molecule has 0 radical (unpaired) electrons. The van der Waals surface area contributed by atoms with E-state index in [0.717, 1.165) is 25.1 Å². The van der Waals surface area contributed by atoms with Crippen LogP contribution in [0.15, 0.2) is 38.7 Å². The lowest BCUT2D eigenvalue weighted by atomic mass is 10.2. The van der Waals surface area contributed by atoms with Crippen LogP contribution >= 0.6 is 11.8 Å². The Balaban J connectivity index is 1.93. The van der Waals surface area contributed by atoms with E-state index in [1.165, 1.54) is 11.8 Å². The third kappa shape index (κ3) is 3.82. The van der Waals surface area contributed by atoms with Gasteiger partial charge in [-0.25, -0.2) is 4.98 Å².